The van der Waals surface area contributed by atoms with E-state index < -0.39 is 0 Å². The van der Waals surface area contributed by atoms with E-state index in [-0.39, 0.29) is 0 Å². The molecule has 0 aliphatic rings. The number of carbonyl (C=O) groups is 1. The molecule has 0 unspecified atom stereocenters. The molecule has 0 bridgehead atoms. The first-order chi connectivity index (χ1) is 14.3. The van der Waals surface area contributed by atoms with Crippen molar-refractivity contribution in [3.63, 3.8) is 0 Å². The molecule has 29 heavy (non-hydrogen) atoms. The van der Waals surface area contributed by atoms with Gasteiger partial charge in [0.25, 0.3) is 0 Å². The molecule has 0 aromatic carbocycles. The maximum atomic E-state index is 11.9. The van der Waals surface area contributed by atoms with Crippen molar-refractivity contribution in [2.75, 3.05) is 5.75 Å². The first kappa shape index (κ1) is 29.0. The van der Waals surface area contributed by atoms with Crippen molar-refractivity contribution in [2.24, 2.45) is 0 Å². The maximum Gasteiger partial charge on any atom is 0.188 e. The Morgan fingerprint density at radius 2 is 0.759 bits per heavy atom. The first-order valence-electron chi connectivity index (χ1n) is 13.5. The fourth-order valence-electron chi connectivity index (χ4n) is 3.96. The van der Waals surface area contributed by atoms with E-state index in [4.69, 9.17) is 0 Å². The van der Waals surface area contributed by atoms with Gasteiger partial charge in [-0.3, -0.25) is 4.79 Å². The number of unbranched alkanes of at least 4 members (excludes halogenated alkanes) is 20. The van der Waals surface area contributed by atoms with Crippen LogP contribution in [0.25, 0.3) is 0 Å². The van der Waals surface area contributed by atoms with E-state index in [1.165, 1.54) is 135 Å². The van der Waals surface area contributed by atoms with Crippen molar-refractivity contribution in [1.29, 1.82) is 0 Å². The Hall–Kier alpha value is 0.0200. The Kier molecular flexibility index (Phi) is 26.1. The van der Waals surface area contributed by atoms with Crippen molar-refractivity contribution >= 4 is 16.9 Å². The molecule has 0 aliphatic heterocycles. The average molecular weight is 427 g/mol. The van der Waals surface area contributed by atoms with Gasteiger partial charge in [0.2, 0.25) is 0 Å². The molecule has 0 aliphatic carbocycles. The van der Waals surface area contributed by atoms with Gasteiger partial charge in [0.05, 0.1) is 0 Å². The van der Waals surface area contributed by atoms with Gasteiger partial charge in [-0.2, -0.15) is 0 Å². The van der Waals surface area contributed by atoms with Gasteiger partial charge < -0.3 is 0 Å². The second-order valence-corrected chi connectivity index (χ2v) is 10.2. The molecule has 0 amide bonds. The molecule has 0 atom stereocenters. The third-order valence-corrected chi connectivity index (χ3v) is 7.01. The van der Waals surface area contributed by atoms with E-state index in [1.54, 1.807) is 11.8 Å². The normalized spacial score (nSPS) is 11.2. The fourth-order valence-corrected chi connectivity index (χ4v) is 4.82. The molecule has 0 rings (SSSR count). The number of hydrogen-bond donors (Lipinski definition) is 0. The lowest BCUT2D eigenvalue weighted by Crippen LogP contribution is -1.94. The lowest BCUT2D eigenvalue weighted by atomic mass is 10.0. The van der Waals surface area contributed by atoms with E-state index in [2.05, 4.69) is 13.8 Å². The van der Waals surface area contributed by atoms with Gasteiger partial charge in [0.15, 0.2) is 5.12 Å². The average Bonchev–Trinajstić information content (AvgIpc) is 2.72. The summed E-state index contributed by atoms with van der Waals surface area (Å²) >= 11 is 1.59. The molecule has 0 spiro atoms. The van der Waals surface area contributed by atoms with E-state index >= 15 is 0 Å². The van der Waals surface area contributed by atoms with E-state index in [9.17, 15) is 4.79 Å². The predicted molar refractivity (Wildman–Crippen MR) is 135 cm³/mol. The summed E-state index contributed by atoms with van der Waals surface area (Å²) < 4.78 is 0. The van der Waals surface area contributed by atoms with Crippen LogP contribution in [0.3, 0.4) is 0 Å². The molecule has 0 heterocycles. The van der Waals surface area contributed by atoms with Gasteiger partial charge >= 0.3 is 0 Å². The second kappa shape index (κ2) is 26.1. The summed E-state index contributed by atoms with van der Waals surface area (Å²) in [4.78, 5) is 11.9. The Balaban J connectivity index is 3.12. The van der Waals surface area contributed by atoms with E-state index in [0.29, 0.717) is 5.12 Å². The Bertz CT molecular complexity index is 316. The molecule has 0 saturated heterocycles. The summed E-state index contributed by atoms with van der Waals surface area (Å²) in [6.07, 6.45) is 31.0. The summed E-state index contributed by atoms with van der Waals surface area (Å²) in [6, 6.07) is 0. The van der Waals surface area contributed by atoms with Crippen LogP contribution in [0.15, 0.2) is 0 Å². The summed E-state index contributed by atoms with van der Waals surface area (Å²) in [7, 11) is 0. The number of hydrogen-bond acceptors (Lipinski definition) is 2. The molecular weight excluding hydrogens is 372 g/mol. The highest BCUT2D eigenvalue weighted by Crippen LogP contribution is 2.16. The maximum absolute atomic E-state index is 11.9. The fraction of sp³-hybridized carbons (Fsp3) is 0.963. The molecular formula is C27H54OS. The summed E-state index contributed by atoms with van der Waals surface area (Å²) in [5, 5.41) is 0.436. The van der Waals surface area contributed by atoms with Crippen LogP contribution in [0.2, 0.25) is 0 Å². The highest BCUT2D eigenvalue weighted by atomic mass is 32.2. The molecule has 1 nitrogen and oxygen atoms in total. The lowest BCUT2D eigenvalue weighted by molar-refractivity contribution is -0.111. The monoisotopic (exact) mass is 426 g/mol. The molecule has 0 N–H and O–H groups in total. The zero-order chi connectivity index (χ0) is 21.3. The van der Waals surface area contributed by atoms with Gasteiger partial charge in [0.1, 0.15) is 0 Å². The molecule has 0 aromatic heterocycles. The van der Waals surface area contributed by atoms with Crippen molar-refractivity contribution in [3.05, 3.63) is 0 Å². The molecule has 174 valence electrons. The van der Waals surface area contributed by atoms with Crippen LogP contribution in [0.1, 0.15) is 162 Å². The lowest BCUT2D eigenvalue weighted by Gasteiger charge is -2.04. The predicted octanol–water partition coefficient (Wildman–Crippen LogP) is 10.3. The van der Waals surface area contributed by atoms with Crippen molar-refractivity contribution in [2.45, 2.75) is 162 Å². The van der Waals surface area contributed by atoms with E-state index in [1.807, 2.05) is 0 Å². The standard InChI is InChI=1S/C27H54OS/c1-3-5-7-9-11-12-13-14-15-16-17-18-19-21-23-25-27(28)29-26-24-22-20-10-8-6-4-2/h3-26H2,1-2H3. The van der Waals surface area contributed by atoms with E-state index in [0.717, 1.165) is 18.6 Å². The minimum Gasteiger partial charge on any atom is -0.287 e. The minimum absolute atomic E-state index is 0.436. The Morgan fingerprint density at radius 3 is 1.14 bits per heavy atom. The van der Waals surface area contributed by atoms with Crippen LogP contribution in [0.4, 0.5) is 0 Å². The summed E-state index contributed by atoms with van der Waals surface area (Å²) in [6.45, 7) is 4.55. The smallest absolute Gasteiger partial charge is 0.188 e. The molecule has 0 radical (unpaired) electrons. The minimum atomic E-state index is 0.436. The van der Waals surface area contributed by atoms with Crippen molar-refractivity contribution in [3.8, 4) is 0 Å². The van der Waals surface area contributed by atoms with Crippen LogP contribution >= 0.6 is 11.8 Å². The Morgan fingerprint density at radius 1 is 0.448 bits per heavy atom. The van der Waals surface area contributed by atoms with Crippen LogP contribution in [0.5, 0.6) is 0 Å². The van der Waals surface area contributed by atoms with Gasteiger partial charge in [-0.05, 0) is 12.8 Å². The third-order valence-electron chi connectivity index (χ3n) is 6.00. The van der Waals surface area contributed by atoms with Crippen molar-refractivity contribution in [1.82, 2.24) is 0 Å². The van der Waals surface area contributed by atoms with Gasteiger partial charge in [-0.15, -0.1) is 0 Å². The molecule has 0 saturated carbocycles. The first-order valence-corrected chi connectivity index (χ1v) is 14.5. The van der Waals surface area contributed by atoms with Gasteiger partial charge in [-0.25, -0.2) is 0 Å². The molecule has 0 aromatic rings. The van der Waals surface area contributed by atoms with Crippen LogP contribution < -0.4 is 0 Å². The van der Waals surface area contributed by atoms with Crippen LogP contribution in [-0.4, -0.2) is 10.9 Å². The van der Waals surface area contributed by atoms with Gasteiger partial charge in [-0.1, -0.05) is 154 Å². The quantitative estimate of drug-likeness (QED) is 0.143. The van der Waals surface area contributed by atoms with Crippen LogP contribution in [-0.2, 0) is 4.79 Å². The van der Waals surface area contributed by atoms with Gasteiger partial charge in [0, 0.05) is 12.2 Å². The summed E-state index contributed by atoms with van der Waals surface area (Å²) in [5.74, 6) is 1.05. The van der Waals surface area contributed by atoms with Crippen molar-refractivity contribution < 1.29 is 4.79 Å². The zero-order valence-corrected chi connectivity index (χ0v) is 21.1. The highest BCUT2D eigenvalue weighted by Gasteiger charge is 2.02. The molecule has 2 heteroatoms. The topological polar surface area (TPSA) is 17.1 Å². The second-order valence-electron chi connectivity index (χ2n) is 9.04. The highest BCUT2D eigenvalue weighted by molar-refractivity contribution is 8.13. The molecule has 0 fully saturated rings. The number of rotatable bonds is 24. The third kappa shape index (κ3) is 26.0. The number of thioether (sulfide) groups is 1. The number of carbonyl (C=O) groups excluding carboxylic acids is 1. The largest absolute Gasteiger partial charge is 0.287 e. The van der Waals surface area contributed by atoms with Crippen LogP contribution in [0, 0.1) is 0 Å². The summed E-state index contributed by atoms with van der Waals surface area (Å²) in [5.41, 5.74) is 0. The SMILES string of the molecule is CCCCCCCCCCCCCCCCCC(=O)SCCCCCCCCC. The Labute approximate surface area is 189 Å². The zero-order valence-electron chi connectivity index (χ0n) is 20.3.